The van der Waals surface area contributed by atoms with Gasteiger partial charge in [-0.25, -0.2) is 0 Å². The van der Waals surface area contributed by atoms with Gasteiger partial charge in [-0.05, 0) is 43.7 Å². The molecule has 2 aromatic rings. The molecule has 0 saturated carbocycles. The molecule has 0 atom stereocenters. The van der Waals surface area contributed by atoms with Crippen molar-refractivity contribution in [3.63, 3.8) is 0 Å². The van der Waals surface area contributed by atoms with Crippen molar-refractivity contribution in [2.24, 2.45) is 0 Å². The number of aryl methyl sites for hydroxylation is 1. The van der Waals surface area contributed by atoms with Crippen LogP contribution in [0.4, 0.5) is 0 Å². The SMILES string of the molecule is CCOc1ccc(CNC(=O)c2ccc(C)cc2)cc1OC. The maximum absolute atomic E-state index is 12.1. The predicted octanol–water partition coefficient (Wildman–Crippen LogP) is 3.33. The van der Waals surface area contributed by atoms with Gasteiger partial charge in [-0.1, -0.05) is 23.8 Å². The van der Waals surface area contributed by atoms with Crippen LogP contribution < -0.4 is 14.8 Å². The molecule has 0 aromatic heterocycles. The maximum Gasteiger partial charge on any atom is 0.251 e. The molecule has 1 amide bonds. The molecule has 0 aliphatic carbocycles. The lowest BCUT2D eigenvalue weighted by Gasteiger charge is -2.11. The van der Waals surface area contributed by atoms with Gasteiger partial charge < -0.3 is 14.8 Å². The lowest BCUT2D eigenvalue weighted by molar-refractivity contribution is 0.0951. The number of hydrogen-bond acceptors (Lipinski definition) is 3. The molecule has 2 aromatic carbocycles. The van der Waals surface area contributed by atoms with Gasteiger partial charge in [0.2, 0.25) is 0 Å². The summed E-state index contributed by atoms with van der Waals surface area (Å²) in [6, 6.07) is 13.1. The Labute approximate surface area is 131 Å². The number of rotatable bonds is 6. The van der Waals surface area contributed by atoms with Crippen LogP contribution in [-0.4, -0.2) is 19.6 Å². The lowest BCUT2D eigenvalue weighted by atomic mass is 10.1. The molecule has 0 heterocycles. The van der Waals surface area contributed by atoms with Gasteiger partial charge in [0.25, 0.3) is 5.91 Å². The Morgan fingerprint density at radius 3 is 2.45 bits per heavy atom. The Balaban J connectivity index is 2.01. The molecular weight excluding hydrogens is 278 g/mol. The van der Waals surface area contributed by atoms with Crippen LogP contribution in [-0.2, 0) is 6.54 Å². The minimum atomic E-state index is -0.0900. The fourth-order valence-corrected chi connectivity index (χ4v) is 2.09. The largest absolute Gasteiger partial charge is 0.493 e. The van der Waals surface area contributed by atoms with Crippen molar-refractivity contribution in [1.29, 1.82) is 0 Å². The first-order valence-electron chi connectivity index (χ1n) is 7.28. The summed E-state index contributed by atoms with van der Waals surface area (Å²) >= 11 is 0. The number of hydrogen-bond donors (Lipinski definition) is 1. The van der Waals surface area contributed by atoms with Crippen molar-refractivity contribution >= 4 is 5.91 Å². The van der Waals surface area contributed by atoms with Gasteiger partial charge in [0.15, 0.2) is 11.5 Å². The van der Waals surface area contributed by atoms with E-state index < -0.39 is 0 Å². The third kappa shape index (κ3) is 4.01. The van der Waals surface area contributed by atoms with E-state index in [1.807, 2.05) is 56.3 Å². The van der Waals surface area contributed by atoms with Gasteiger partial charge in [-0.15, -0.1) is 0 Å². The number of methoxy groups -OCH3 is 1. The van der Waals surface area contributed by atoms with Crippen molar-refractivity contribution < 1.29 is 14.3 Å². The first kappa shape index (κ1) is 15.9. The van der Waals surface area contributed by atoms with E-state index in [1.165, 1.54) is 0 Å². The van der Waals surface area contributed by atoms with E-state index in [2.05, 4.69) is 5.32 Å². The second-order valence-electron chi connectivity index (χ2n) is 4.97. The average Bonchev–Trinajstić information content (AvgIpc) is 2.54. The van der Waals surface area contributed by atoms with Gasteiger partial charge in [0, 0.05) is 12.1 Å². The zero-order valence-electron chi connectivity index (χ0n) is 13.2. The molecule has 0 spiro atoms. The number of nitrogens with one attached hydrogen (secondary N) is 1. The fourth-order valence-electron chi connectivity index (χ4n) is 2.09. The smallest absolute Gasteiger partial charge is 0.251 e. The standard InChI is InChI=1S/C18H21NO3/c1-4-22-16-10-7-14(11-17(16)21-3)12-19-18(20)15-8-5-13(2)6-9-15/h5-11H,4,12H2,1-3H3,(H,19,20). The van der Waals surface area contributed by atoms with Crippen molar-refractivity contribution in [2.45, 2.75) is 20.4 Å². The van der Waals surface area contributed by atoms with Crippen LogP contribution in [0, 0.1) is 6.92 Å². The highest BCUT2D eigenvalue weighted by Gasteiger charge is 2.08. The first-order valence-corrected chi connectivity index (χ1v) is 7.28. The van der Waals surface area contributed by atoms with E-state index in [0.29, 0.717) is 30.2 Å². The monoisotopic (exact) mass is 299 g/mol. The first-order chi connectivity index (χ1) is 10.6. The van der Waals surface area contributed by atoms with Crippen LogP contribution in [0.25, 0.3) is 0 Å². The lowest BCUT2D eigenvalue weighted by Crippen LogP contribution is -2.22. The van der Waals surface area contributed by atoms with Gasteiger partial charge in [-0.2, -0.15) is 0 Å². The summed E-state index contributed by atoms with van der Waals surface area (Å²) in [6.45, 7) is 4.94. The van der Waals surface area contributed by atoms with Crippen LogP contribution in [0.1, 0.15) is 28.4 Å². The Hall–Kier alpha value is -2.49. The molecule has 0 unspecified atom stereocenters. The average molecular weight is 299 g/mol. The summed E-state index contributed by atoms with van der Waals surface area (Å²) < 4.78 is 10.8. The minimum absolute atomic E-state index is 0.0900. The van der Waals surface area contributed by atoms with E-state index in [-0.39, 0.29) is 5.91 Å². The molecule has 0 fully saturated rings. The maximum atomic E-state index is 12.1. The fraction of sp³-hybridized carbons (Fsp3) is 0.278. The molecule has 0 bridgehead atoms. The summed E-state index contributed by atoms with van der Waals surface area (Å²) in [4.78, 5) is 12.1. The number of benzene rings is 2. The molecule has 0 aliphatic rings. The second-order valence-corrected chi connectivity index (χ2v) is 4.97. The highest BCUT2D eigenvalue weighted by molar-refractivity contribution is 5.94. The molecule has 2 rings (SSSR count). The van der Waals surface area contributed by atoms with Crippen LogP contribution in [0.5, 0.6) is 11.5 Å². The summed E-state index contributed by atoms with van der Waals surface area (Å²) in [5, 5.41) is 2.90. The zero-order chi connectivity index (χ0) is 15.9. The van der Waals surface area contributed by atoms with Gasteiger partial charge >= 0.3 is 0 Å². The van der Waals surface area contributed by atoms with E-state index in [4.69, 9.17) is 9.47 Å². The topological polar surface area (TPSA) is 47.6 Å². The highest BCUT2D eigenvalue weighted by atomic mass is 16.5. The third-order valence-electron chi connectivity index (χ3n) is 3.29. The Morgan fingerprint density at radius 2 is 1.82 bits per heavy atom. The molecule has 1 N–H and O–H groups in total. The van der Waals surface area contributed by atoms with E-state index in [0.717, 1.165) is 11.1 Å². The number of carbonyl (C=O) groups excluding carboxylic acids is 1. The Morgan fingerprint density at radius 1 is 1.09 bits per heavy atom. The van der Waals surface area contributed by atoms with E-state index in [1.54, 1.807) is 7.11 Å². The molecule has 4 heteroatoms. The normalized spacial score (nSPS) is 10.1. The van der Waals surface area contributed by atoms with Crippen LogP contribution in [0.3, 0.4) is 0 Å². The summed E-state index contributed by atoms with van der Waals surface area (Å²) in [6.07, 6.45) is 0. The summed E-state index contributed by atoms with van der Waals surface area (Å²) in [5.74, 6) is 1.29. The van der Waals surface area contributed by atoms with Gasteiger partial charge in [0.1, 0.15) is 0 Å². The molecule has 0 saturated heterocycles. The second kappa shape index (κ2) is 7.50. The molecule has 0 radical (unpaired) electrons. The van der Waals surface area contributed by atoms with Gasteiger partial charge in [-0.3, -0.25) is 4.79 Å². The molecule has 4 nitrogen and oxygen atoms in total. The summed E-state index contributed by atoms with van der Waals surface area (Å²) in [7, 11) is 1.60. The molecule has 0 aliphatic heterocycles. The quantitative estimate of drug-likeness (QED) is 0.890. The summed E-state index contributed by atoms with van der Waals surface area (Å²) in [5.41, 5.74) is 2.75. The predicted molar refractivity (Wildman–Crippen MR) is 86.5 cm³/mol. The molecular formula is C18H21NO3. The van der Waals surface area contributed by atoms with Crippen LogP contribution in [0.15, 0.2) is 42.5 Å². The zero-order valence-corrected chi connectivity index (χ0v) is 13.2. The van der Waals surface area contributed by atoms with Crippen molar-refractivity contribution in [3.8, 4) is 11.5 Å². The third-order valence-corrected chi connectivity index (χ3v) is 3.29. The molecule has 22 heavy (non-hydrogen) atoms. The molecule has 116 valence electrons. The number of carbonyl (C=O) groups is 1. The van der Waals surface area contributed by atoms with Crippen LogP contribution >= 0.6 is 0 Å². The Bertz CT molecular complexity index is 635. The number of ether oxygens (including phenoxy) is 2. The van der Waals surface area contributed by atoms with Crippen LogP contribution in [0.2, 0.25) is 0 Å². The van der Waals surface area contributed by atoms with Crippen molar-refractivity contribution in [1.82, 2.24) is 5.32 Å². The highest BCUT2D eigenvalue weighted by Crippen LogP contribution is 2.27. The van der Waals surface area contributed by atoms with E-state index >= 15 is 0 Å². The minimum Gasteiger partial charge on any atom is -0.493 e. The van der Waals surface area contributed by atoms with Crippen molar-refractivity contribution in [2.75, 3.05) is 13.7 Å². The van der Waals surface area contributed by atoms with Gasteiger partial charge in [0.05, 0.1) is 13.7 Å². The number of amides is 1. The van der Waals surface area contributed by atoms with E-state index in [9.17, 15) is 4.79 Å². The van der Waals surface area contributed by atoms with Crippen molar-refractivity contribution in [3.05, 3.63) is 59.2 Å². The Kier molecular flexibility index (Phi) is 5.42.